The molecule has 7 nitrogen and oxygen atoms in total. The van der Waals surface area contributed by atoms with Crippen LogP contribution >= 0.6 is 0 Å². The Bertz CT molecular complexity index is 961. The van der Waals surface area contributed by atoms with Crippen molar-refractivity contribution >= 4 is 18.0 Å². The van der Waals surface area contributed by atoms with Crippen LogP contribution in [0.1, 0.15) is 63.0 Å². The van der Waals surface area contributed by atoms with E-state index in [-0.39, 0.29) is 31.4 Å². The quantitative estimate of drug-likeness (QED) is 0.421. The third kappa shape index (κ3) is 6.37. The summed E-state index contributed by atoms with van der Waals surface area (Å²) in [6, 6.07) is 15.9. The van der Waals surface area contributed by atoms with Gasteiger partial charge in [0.25, 0.3) is 0 Å². The van der Waals surface area contributed by atoms with E-state index < -0.39 is 24.0 Å². The van der Waals surface area contributed by atoms with Gasteiger partial charge in [0.05, 0.1) is 12.3 Å². The van der Waals surface area contributed by atoms with Crippen molar-refractivity contribution in [1.29, 1.82) is 0 Å². The number of carbonyl (C=O) groups excluding carboxylic acids is 2. The molecule has 0 radical (unpaired) electrons. The van der Waals surface area contributed by atoms with Crippen LogP contribution in [0.3, 0.4) is 0 Å². The van der Waals surface area contributed by atoms with Crippen molar-refractivity contribution in [2.45, 2.75) is 57.9 Å². The van der Waals surface area contributed by atoms with Gasteiger partial charge in [0, 0.05) is 18.5 Å². The zero-order chi connectivity index (χ0) is 24.5. The maximum atomic E-state index is 12.8. The minimum absolute atomic E-state index is 0.0290. The van der Waals surface area contributed by atoms with Gasteiger partial charge in [0.15, 0.2) is 0 Å². The number of carboxylic acid groups (broad SMARTS) is 1. The Morgan fingerprint density at radius 3 is 2.09 bits per heavy atom. The number of aliphatic carboxylic acids is 1. The Kier molecular flexibility index (Phi) is 9.08. The minimum Gasteiger partial charge on any atom is -0.481 e. The Hall–Kier alpha value is -3.35. The average molecular weight is 467 g/mol. The van der Waals surface area contributed by atoms with E-state index in [2.05, 4.69) is 34.9 Å². The number of hydrogen-bond donors (Lipinski definition) is 3. The highest BCUT2D eigenvalue weighted by molar-refractivity contribution is 5.81. The highest BCUT2D eigenvalue weighted by atomic mass is 16.5. The Morgan fingerprint density at radius 1 is 0.941 bits per heavy atom. The van der Waals surface area contributed by atoms with Crippen molar-refractivity contribution in [2.24, 2.45) is 5.92 Å². The van der Waals surface area contributed by atoms with Gasteiger partial charge in [-0.05, 0) is 35.1 Å². The standard InChI is InChI=1S/C27H34N2O5/c1-3-9-18(26(32)29-19(10-4-2)15-25(30)31)16-28-27(33)34-17-24-22-13-7-5-11-20(22)21-12-6-8-14-23(21)24/h5-8,11-14,18-19,24H,3-4,9-10,15-17H2,1-2H3,(H,28,33)(H,29,32)(H,30,31)/t18?,19-/m0/s1. The van der Waals surface area contributed by atoms with Crippen LogP contribution in [-0.2, 0) is 14.3 Å². The average Bonchev–Trinajstić information content (AvgIpc) is 3.14. The monoisotopic (exact) mass is 466 g/mol. The van der Waals surface area contributed by atoms with Gasteiger partial charge in [-0.3, -0.25) is 9.59 Å². The van der Waals surface area contributed by atoms with E-state index in [1.807, 2.05) is 38.1 Å². The summed E-state index contributed by atoms with van der Waals surface area (Å²) in [5.74, 6) is -1.65. The summed E-state index contributed by atoms with van der Waals surface area (Å²) in [5, 5.41) is 14.7. The van der Waals surface area contributed by atoms with Crippen LogP contribution in [0.2, 0.25) is 0 Å². The maximum absolute atomic E-state index is 12.8. The lowest BCUT2D eigenvalue weighted by Gasteiger charge is -2.22. The number of benzene rings is 2. The third-order valence-corrected chi connectivity index (χ3v) is 6.25. The van der Waals surface area contributed by atoms with Crippen molar-refractivity contribution in [1.82, 2.24) is 10.6 Å². The molecular weight excluding hydrogens is 432 g/mol. The predicted molar refractivity (Wildman–Crippen MR) is 131 cm³/mol. The van der Waals surface area contributed by atoms with E-state index in [9.17, 15) is 14.4 Å². The first-order chi connectivity index (χ1) is 16.4. The molecule has 182 valence electrons. The van der Waals surface area contributed by atoms with E-state index >= 15 is 0 Å². The molecule has 7 heteroatoms. The van der Waals surface area contributed by atoms with Crippen molar-refractivity contribution in [3.8, 4) is 11.1 Å². The van der Waals surface area contributed by atoms with Gasteiger partial charge < -0.3 is 20.5 Å². The third-order valence-electron chi connectivity index (χ3n) is 6.25. The number of rotatable bonds is 12. The van der Waals surface area contributed by atoms with Gasteiger partial charge in [-0.25, -0.2) is 4.79 Å². The molecule has 1 aliphatic rings. The van der Waals surface area contributed by atoms with Crippen LogP contribution in [-0.4, -0.2) is 42.3 Å². The Balaban J connectivity index is 1.56. The number of carboxylic acids is 1. The van der Waals surface area contributed by atoms with E-state index in [1.165, 1.54) is 0 Å². The summed E-state index contributed by atoms with van der Waals surface area (Å²) in [6.07, 6.45) is 2.04. The topological polar surface area (TPSA) is 105 Å². The predicted octanol–water partition coefficient (Wildman–Crippen LogP) is 4.70. The first-order valence-corrected chi connectivity index (χ1v) is 12.1. The normalized spacial score (nSPS) is 13.9. The molecule has 0 bridgehead atoms. The zero-order valence-corrected chi connectivity index (χ0v) is 19.9. The van der Waals surface area contributed by atoms with Gasteiger partial charge in [0.1, 0.15) is 6.61 Å². The molecule has 0 saturated carbocycles. The molecule has 0 aliphatic heterocycles. The molecule has 2 atom stereocenters. The number of hydrogen-bond acceptors (Lipinski definition) is 4. The molecule has 2 aromatic carbocycles. The fourth-order valence-corrected chi connectivity index (χ4v) is 4.63. The van der Waals surface area contributed by atoms with Crippen LogP contribution in [0.25, 0.3) is 11.1 Å². The molecule has 1 unspecified atom stereocenters. The van der Waals surface area contributed by atoms with Crippen LogP contribution in [0.4, 0.5) is 4.79 Å². The number of alkyl carbamates (subject to hydrolysis) is 1. The van der Waals surface area contributed by atoms with Crippen LogP contribution in [0.15, 0.2) is 48.5 Å². The number of carbonyl (C=O) groups is 3. The Morgan fingerprint density at radius 2 is 1.53 bits per heavy atom. The molecular formula is C27H34N2O5. The minimum atomic E-state index is -0.942. The SMILES string of the molecule is CCCC(CNC(=O)OCC1c2ccccc2-c2ccccc21)C(=O)N[C@@H](CCC)CC(=O)O. The number of ether oxygens (including phenoxy) is 1. The molecule has 3 rings (SSSR count). The summed E-state index contributed by atoms with van der Waals surface area (Å²) in [7, 11) is 0. The lowest BCUT2D eigenvalue weighted by atomic mass is 9.98. The Labute approximate surface area is 200 Å². The number of nitrogens with one attached hydrogen (secondary N) is 2. The van der Waals surface area contributed by atoms with Gasteiger partial charge in [0.2, 0.25) is 5.91 Å². The number of amides is 2. The molecule has 34 heavy (non-hydrogen) atoms. The largest absolute Gasteiger partial charge is 0.481 e. The first-order valence-electron chi connectivity index (χ1n) is 12.1. The first kappa shape index (κ1) is 25.3. The maximum Gasteiger partial charge on any atom is 0.407 e. The molecule has 2 aromatic rings. The number of fused-ring (bicyclic) bond motifs is 3. The van der Waals surface area contributed by atoms with Gasteiger partial charge in [-0.2, -0.15) is 0 Å². The molecule has 0 fully saturated rings. The van der Waals surface area contributed by atoms with Crippen molar-refractivity contribution in [3.63, 3.8) is 0 Å². The fraction of sp³-hybridized carbons (Fsp3) is 0.444. The van der Waals surface area contributed by atoms with Crippen LogP contribution in [0, 0.1) is 5.92 Å². The van der Waals surface area contributed by atoms with E-state index in [4.69, 9.17) is 9.84 Å². The summed E-state index contributed by atoms with van der Waals surface area (Å²) in [4.78, 5) is 36.3. The van der Waals surface area contributed by atoms with Crippen molar-refractivity contribution in [3.05, 3.63) is 59.7 Å². The van der Waals surface area contributed by atoms with Crippen molar-refractivity contribution in [2.75, 3.05) is 13.2 Å². The lowest BCUT2D eigenvalue weighted by Crippen LogP contribution is -2.44. The molecule has 0 spiro atoms. The van der Waals surface area contributed by atoms with Gasteiger partial charge in [-0.1, -0.05) is 75.2 Å². The molecule has 1 aliphatic carbocycles. The second kappa shape index (κ2) is 12.2. The summed E-state index contributed by atoms with van der Waals surface area (Å²) in [5.41, 5.74) is 4.60. The van der Waals surface area contributed by atoms with Crippen LogP contribution in [0.5, 0.6) is 0 Å². The van der Waals surface area contributed by atoms with Gasteiger partial charge >= 0.3 is 12.1 Å². The van der Waals surface area contributed by atoms with Crippen molar-refractivity contribution < 1.29 is 24.2 Å². The highest BCUT2D eigenvalue weighted by Gasteiger charge is 2.29. The van der Waals surface area contributed by atoms with Gasteiger partial charge in [-0.15, -0.1) is 0 Å². The summed E-state index contributed by atoms with van der Waals surface area (Å²) >= 11 is 0. The highest BCUT2D eigenvalue weighted by Crippen LogP contribution is 2.44. The van der Waals surface area contributed by atoms with E-state index in [1.54, 1.807) is 0 Å². The van der Waals surface area contributed by atoms with Crippen LogP contribution < -0.4 is 10.6 Å². The smallest absolute Gasteiger partial charge is 0.407 e. The fourth-order valence-electron chi connectivity index (χ4n) is 4.63. The van der Waals surface area contributed by atoms with E-state index in [0.29, 0.717) is 12.8 Å². The zero-order valence-electron chi connectivity index (χ0n) is 19.9. The molecule has 3 N–H and O–H groups in total. The molecule has 0 heterocycles. The summed E-state index contributed by atoms with van der Waals surface area (Å²) in [6.45, 7) is 4.27. The molecule has 0 aromatic heterocycles. The second-order valence-electron chi connectivity index (χ2n) is 8.78. The molecule has 0 saturated heterocycles. The summed E-state index contributed by atoms with van der Waals surface area (Å²) < 4.78 is 5.56. The lowest BCUT2D eigenvalue weighted by molar-refractivity contribution is -0.137. The van der Waals surface area contributed by atoms with E-state index in [0.717, 1.165) is 35.1 Å². The second-order valence-corrected chi connectivity index (χ2v) is 8.78. The molecule has 2 amide bonds.